The van der Waals surface area contributed by atoms with Crippen LogP contribution >= 0.6 is 0 Å². The molecule has 0 unspecified atom stereocenters. The van der Waals surface area contributed by atoms with E-state index >= 15 is 0 Å². The molecule has 0 atom stereocenters. The number of rotatable bonds is 7. The van der Waals surface area contributed by atoms with Crippen molar-refractivity contribution in [3.05, 3.63) is 58.5 Å². The molecule has 3 aromatic rings. The van der Waals surface area contributed by atoms with Gasteiger partial charge in [0.2, 0.25) is 5.82 Å². The van der Waals surface area contributed by atoms with Gasteiger partial charge in [-0.15, -0.1) is 0 Å². The van der Waals surface area contributed by atoms with E-state index in [9.17, 15) is 10.1 Å². The number of non-ortho nitro benzene ring substituents is 1. The van der Waals surface area contributed by atoms with Crippen molar-refractivity contribution in [3.8, 4) is 28.6 Å². The molecule has 9 nitrogen and oxygen atoms in total. The van der Waals surface area contributed by atoms with Gasteiger partial charge >= 0.3 is 0 Å². The number of nitrogens with zero attached hydrogens (tertiary/aromatic N) is 3. The molecule has 2 aromatic carbocycles. The molecule has 0 saturated heterocycles. The first-order valence-electron chi connectivity index (χ1n) is 7.53. The highest BCUT2D eigenvalue weighted by Crippen LogP contribution is 2.31. The van der Waals surface area contributed by atoms with E-state index in [0.29, 0.717) is 28.6 Å². The molecule has 1 heterocycles. The van der Waals surface area contributed by atoms with Crippen LogP contribution < -0.4 is 14.2 Å². The summed E-state index contributed by atoms with van der Waals surface area (Å²) in [5, 5.41) is 14.7. The van der Waals surface area contributed by atoms with Crippen molar-refractivity contribution in [2.24, 2.45) is 0 Å². The van der Waals surface area contributed by atoms with Crippen molar-refractivity contribution in [3.63, 3.8) is 0 Å². The summed E-state index contributed by atoms with van der Waals surface area (Å²) in [4.78, 5) is 14.5. The first kappa shape index (κ1) is 17.2. The van der Waals surface area contributed by atoms with E-state index in [0.717, 1.165) is 0 Å². The van der Waals surface area contributed by atoms with Gasteiger partial charge in [0, 0.05) is 11.6 Å². The number of hydrogen-bond donors (Lipinski definition) is 0. The Hall–Kier alpha value is -3.62. The van der Waals surface area contributed by atoms with E-state index in [1.54, 1.807) is 31.4 Å². The number of hydrogen-bond acceptors (Lipinski definition) is 8. The largest absolute Gasteiger partial charge is 0.493 e. The van der Waals surface area contributed by atoms with Crippen LogP contribution in [-0.2, 0) is 6.61 Å². The SMILES string of the molecule is COc1ccc(-c2noc(COc3cccc([N+](=O)[O-])c3)n2)cc1OC. The minimum absolute atomic E-state index is 0.0124. The summed E-state index contributed by atoms with van der Waals surface area (Å²) in [5.41, 5.74) is 0.632. The normalized spacial score (nSPS) is 10.4. The highest BCUT2D eigenvalue weighted by molar-refractivity contribution is 5.60. The van der Waals surface area contributed by atoms with Crippen LogP contribution in [0.15, 0.2) is 47.0 Å². The fraction of sp³-hybridized carbons (Fsp3) is 0.176. The molecule has 0 amide bonds. The molecule has 0 aliphatic heterocycles. The monoisotopic (exact) mass is 357 g/mol. The smallest absolute Gasteiger partial charge is 0.273 e. The number of nitro benzene ring substituents is 1. The van der Waals surface area contributed by atoms with Gasteiger partial charge in [0.1, 0.15) is 5.75 Å². The topological polar surface area (TPSA) is 110 Å². The van der Waals surface area contributed by atoms with Gasteiger partial charge in [-0.05, 0) is 24.3 Å². The molecule has 26 heavy (non-hydrogen) atoms. The van der Waals surface area contributed by atoms with Gasteiger partial charge in [-0.3, -0.25) is 10.1 Å². The van der Waals surface area contributed by atoms with Gasteiger partial charge in [0.25, 0.3) is 11.6 Å². The fourth-order valence-electron chi connectivity index (χ4n) is 2.24. The van der Waals surface area contributed by atoms with Gasteiger partial charge in [-0.2, -0.15) is 4.98 Å². The number of nitro groups is 1. The Labute approximate surface area is 148 Å². The molecule has 3 rings (SSSR count). The van der Waals surface area contributed by atoms with Crippen LogP contribution in [0.1, 0.15) is 5.89 Å². The maximum atomic E-state index is 10.8. The van der Waals surface area contributed by atoms with Crippen molar-refractivity contribution in [2.75, 3.05) is 14.2 Å². The Morgan fingerprint density at radius 2 is 1.92 bits per heavy atom. The zero-order chi connectivity index (χ0) is 18.5. The Morgan fingerprint density at radius 3 is 2.65 bits per heavy atom. The second-order valence-electron chi connectivity index (χ2n) is 5.12. The van der Waals surface area contributed by atoms with E-state index in [4.69, 9.17) is 18.7 Å². The third kappa shape index (κ3) is 3.72. The molecule has 0 bridgehead atoms. The van der Waals surface area contributed by atoms with Crippen molar-refractivity contribution in [2.45, 2.75) is 6.61 Å². The van der Waals surface area contributed by atoms with Crippen LogP contribution in [0.4, 0.5) is 5.69 Å². The number of methoxy groups -OCH3 is 2. The number of ether oxygens (including phenoxy) is 3. The van der Waals surface area contributed by atoms with Crippen LogP contribution in [-0.4, -0.2) is 29.3 Å². The van der Waals surface area contributed by atoms with E-state index in [1.807, 2.05) is 0 Å². The Bertz CT molecular complexity index is 924. The number of benzene rings is 2. The molecular formula is C17H15N3O6. The fourth-order valence-corrected chi connectivity index (χ4v) is 2.24. The Morgan fingerprint density at radius 1 is 1.12 bits per heavy atom. The van der Waals surface area contributed by atoms with Gasteiger partial charge < -0.3 is 18.7 Å². The predicted molar refractivity (Wildman–Crippen MR) is 90.3 cm³/mol. The van der Waals surface area contributed by atoms with Crippen molar-refractivity contribution in [1.82, 2.24) is 10.1 Å². The lowest BCUT2D eigenvalue weighted by atomic mass is 10.2. The summed E-state index contributed by atoms with van der Waals surface area (Å²) in [5.74, 6) is 2.08. The van der Waals surface area contributed by atoms with Crippen LogP contribution in [0.25, 0.3) is 11.4 Å². The Kier molecular flexibility index (Phi) is 4.97. The Balaban J connectivity index is 1.72. The van der Waals surface area contributed by atoms with E-state index < -0.39 is 4.92 Å². The molecule has 0 N–H and O–H groups in total. The van der Waals surface area contributed by atoms with Crippen molar-refractivity contribution >= 4 is 5.69 Å². The first-order chi connectivity index (χ1) is 12.6. The molecule has 0 fully saturated rings. The van der Waals surface area contributed by atoms with Gasteiger partial charge in [-0.25, -0.2) is 0 Å². The highest BCUT2D eigenvalue weighted by Gasteiger charge is 2.13. The zero-order valence-electron chi connectivity index (χ0n) is 14.0. The van der Waals surface area contributed by atoms with Crippen LogP contribution in [0.3, 0.4) is 0 Å². The molecule has 0 radical (unpaired) electrons. The average molecular weight is 357 g/mol. The summed E-state index contributed by atoms with van der Waals surface area (Å²) in [6, 6.07) is 11.1. The molecule has 1 aromatic heterocycles. The van der Waals surface area contributed by atoms with E-state index in [-0.39, 0.29) is 18.2 Å². The predicted octanol–water partition coefficient (Wildman–Crippen LogP) is 3.24. The summed E-state index contributed by atoms with van der Waals surface area (Å²) in [6.45, 7) is -0.0124. The van der Waals surface area contributed by atoms with Crippen molar-refractivity contribution in [1.29, 1.82) is 0 Å². The lowest BCUT2D eigenvalue weighted by Crippen LogP contribution is -1.97. The molecular weight excluding hydrogens is 342 g/mol. The molecule has 9 heteroatoms. The average Bonchev–Trinajstić information content (AvgIpc) is 3.15. The third-order valence-electron chi connectivity index (χ3n) is 3.50. The number of aromatic nitrogens is 2. The molecule has 0 aliphatic carbocycles. The maximum Gasteiger partial charge on any atom is 0.273 e. The van der Waals surface area contributed by atoms with E-state index in [2.05, 4.69) is 10.1 Å². The maximum absolute atomic E-state index is 10.8. The summed E-state index contributed by atoms with van der Waals surface area (Å²) in [7, 11) is 3.09. The summed E-state index contributed by atoms with van der Waals surface area (Å²) in [6.07, 6.45) is 0. The van der Waals surface area contributed by atoms with Crippen LogP contribution in [0.5, 0.6) is 17.2 Å². The minimum Gasteiger partial charge on any atom is -0.493 e. The second-order valence-corrected chi connectivity index (χ2v) is 5.12. The minimum atomic E-state index is -0.491. The molecule has 0 spiro atoms. The quantitative estimate of drug-likeness (QED) is 0.468. The van der Waals surface area contributed by atoms with Gasteiger partial charge in [0.05, 0.1) is 25.2 Å². The standard InChI is InChI=1S/C17H15N3O6/c1-23-14-7-6-11(8-15(14)24-2)17-18-16(26-19-17)10-25-13-5-3-4-12(9-13)20(21)22/h3-9H,10H2,1-2H3. The van der Waals surface area contributed by atoms with Crippen LogP contribution in [0.2, 0.25) is 0 Å². The first-order valence-corrected chi connectivity index (χ1v) is 7.53. The molecule has 0 saturated carbocycles. The third-order valence-corrected chi connectivity index (χ3v) is 3.50. The van der Waals surface area contributed by atoms with Crippen molar-refractivity contribution < 1.29 is 23.7 Å². The summed E-state index contributed by atoms with van der Waals surface area (Å²) < 4.78 is 21.1. The molecule has 0 aliphatic rings. The lowest BCUT2D eigenvalue weighted by molar-refractivity contribution is -0.384. The second kappa shape index (κ2) is 7.51. The van der Waals surface area contributed by atoms with Gasteiger partial charge in [0.15, 0.2) is 18.1 Å². The summed E-state index contributed by atoms with van der Waals surface area (Å²) >= 11 is 0. The van der Waals surface area contributed by atoms with E-state index in [1.165, 1.54) is 25.3 Å². The highest BCUT2D eigenvalue weighted by atomic mass is 16.6. The van der Waals surface area contributed by atoms with Gasteiger partial charge in [-0.1, -0.05) is 11.2 Å². The zero-order valence-corrected chi connectivity index (χ0v) is 14.0. The molecule has 134 valence electrons. The lowest BCUT2D eigenvalue weighted by Gasteiger charge is -2.07. The van der Waals surface area contributed by atoms with Crippen LogP contribution in [0, 0.1) is 10.1 Å².